The molecule has 0 saturated heterocycles. The molecule has 0 aromatic carbocycles. The van der Waals surface area contributed by atoms with Crippen LogP contribution in [0.25, 0.3) is 0 Å². The molecule has 1 heterocycles. The van der Waals surface area contributed by atoms with E-state index in [-0.39, 0.29) is 10.9 Å². The Morgan fingerprint density at radius 3 is 2.75 bits per heavy atom. The van der Waals surface area contributed by atoms with Crippen LogP contribution in [0.3, 0.4) is 0 Å². The minimum atomic E-state index is -3.55. The van der Waals surface area contributed by atoms with Gasteiger partial charge in [0.1, 0.15) is 5.02 Å². The van der Waals surface area contributed by atoms with E-state index in [1.807, 2.05) is 0 Å². The topological polar surface area (TPSA) is 56.3 Å². The molecule has 1 aromatic rings. The molecular weight excluding hydrogens is 202 g/mol. The Balaban J connectivity index is 2.98. The fourth-order valence-electron chi connectivity index (χ4n) is 0.576. The van der Waals surface area contributed by atoms with Crippen molar-refractivity contribution in [1.82, 2.24) is 4.98 Å². The maximum absolute atomic E-state index is 10.6. The summed E-state index contributed by atoms with van der Waals surface area (Å²) in [6.07, 6.45) is 2.32. The van der Waals surface area contributed by atoms with E-state index in [1.165, 1.54) is 12.3 Å². The Kier molecular flexibility index (Phi) is 2.54. The third-order valence-corrected chi connectivity index (χ3v) is 1.70. The Bertz CT molecular complexity index is 376. The van der Waals surface area contributed by atoms with E-state index in [2.05, 4.69) is 9.17 Å². The monoisotopic (exact) mass is 207 g/mol. The van der Waals surface area contributed by atoms with E-state index in [0.717, 1.165) is 6.26 Å². The molecule has 0 spiro atoms. The molecule has 1 rings (SSSR count). The predicted molar refractivity (Wildman–Crippen MR) is 44.7 cm³/mol. The summed E-state index contributed by atoms with van der Waals surface area (Å²) in [6.45, 7) is 0. The van der Waals surface area contributed by atoms with Crippen molar-refractivity contribution in [1.29, 1.82) is 0 Å². The van der Waals surface area contributed by atoms with Gasteiger partial charge < -0.3 is 4.18 Å². The minimum absolute atomic E-state index is 0.0957. The van der Waals surface area contributed by atoms with Crippen molar-refractivity contribution in [2.45, 2.75) is 0 Å². The summed E-state index contributed by atoms with van der Waals surface area (Å²) in [4.78, 5) is 3.63. The van der Waals surface area contributed by atoms with Crippen molar-refractivity contribution in [2.24, 2.45) is 0 Å². The van der Waals surface area contributed by atoms with Crippen molar-refractivity contribution in [2.75, 3.05) is 6.26 Å². The summed E-state index contributed by atoms with van der Waals surface area (Å²) in [5, 5.41) is 0.169. The maximum Gasteiger partial charge on any atom is 0.307 e. The second-order valence-corrected chi connectivity index (χ2v) is 4.06. The van der Waals surface area contributed by atoms with Crippen LogP contribution in [0, 0.1) is 0 Å². The molecule has 4 nitrogen and oxygen atoms in total. The average molecular weight is 208 g/mol. The van der Waals surface area contributed by atoms with Gasteiger partial charge in [-0.25, -0.2) is 4.98 Å². The lowest BCUT2D eigenvalue weighted by Crippen LogP contribution is -2.07. The van der Waals surface area contributed by atoms with Crippen LogP contribution in [0.1, 0.15) is 0 Å². The molecule has 1 aromatic heterocycles. The summed E-state index contributed by atoms with van der Waals surface area (Å²) < 4.78 is 25.7. The van der Waals surface area contributed by atoms with Gasteiger partial charge in [0.2, 0.25) is 0 Å². The molecule has 0 aliphatic heterocycles. The zero-order valence-corrected chi connectivity index (χ0v) is 7.76. The first kappa shape index (κ1) is 9.28. The lowest BCUT2D eigenvalue weighted by molar-refractivity contribution is 0.483. The number of halogens is 1. The zero-order valence-electron chi connectivity index (χ0n) is 6.19. The highest BCUT2D eigenvalue weighted by atomic mass is 35.5. The van der Waals surface area contributed by atoms with Crippen molar-refractivity contribution < 1.29 is 12.6 Å². The first-order valence-electron chi connectivity index (χ1n) is 2.99. The van der Waals surface area contributed by atoms with Crippen LogP contribution in [0.4, 0.5) is 0 Å². The van der Waals surface area contributed by atoms with E-state index in [0.29, 0.717) is 0 Å². The van der Waals surface area contributed by atoms with Gasteiger partial charge in [0, 0.05) is 6.20 Å². The van der Waals surface area contributed by atoms with Gasteiger partial charge in [-0.3, -0.25) is 0 Å². The standard InChI is InChI=1S/C6H6ClNO3S/c1-12(9,10)11-6-5(7)3-2-4-8-6/h2-4H,1H3. The Hall–Kier alpha value is -0.810. The average Bonchev–Trinajstić information content (AvgIpc) is 1.91. The van der Waals surface area contributed by atoms with E-state index in [1.54, 1.807) is 6.07 Å². The van der Waals surface area contributed by atoms with Gasteiger partial charge in [-0.2, -0.15) is 8.42 Å². The number of nitrogens with zero attached hydrogens (tertiary/aromatic N) is 1. The fourth-order valence-corrected chi connectivity index (χ4v) is 1.20. The maximum atomic E-state index is 10.6. The second kappa shape index (κ2) is 3.28. The highest BCUT2D eigenvalue weighted by Crippen LogP contribution is 2.20. The second-order valence-electron chi connectivity index (χ2n) is 2.08. The van der Waals surface area contributed by atoms with Crippen molar-refractivity contribution in [3.8, 4) is 5.88 Å². The van der Waals surface area contributed by atoms with Crippen LogP contribution in [0.2, 0.25) is 5.02 Å². The molecule has 0 N–H and O–H groups in total. The molecule has 0 aliphatic rings. The molecule has 0 fully saturated rings. The molecule has 0 saturated carbocycles. The number of aromatic nitrogens is 1. The summed E-state index contributed by atoms with van der Waals surface area (Å²) in [7, 11) is -3.55. The number of pyridine rings is 1. The zero-order chi connectivity index (χ0) is 9.19. The normalized spacial score (nSPS) is 11.2. The van der Waals surface area contributed by atoms with Crippen molar-refractivity contribution in [3.05, 3.63) is 23.4 Å². The fraction of sp³-hybridized carbons (Fsp3) is 0.167. The van der Waals surface area contributed by atoms with Crippen molar-refractivity contribution >= 4 is 21.7 Å². The van der Waals surface area contributed by atoms with Gasteiger partial charge in [0.15, 0.2) is 0 Å². The van der Waals surface area contributed by atoms with Gasteiger partial charge in [0.05, 0.1) is 6.26 Å². The van der Waals surface area contributed by atoms with Crippen LogP contribution < -0.4 is 4.18 Å². The molecular formula is C6H6ClNO3S. The van der Waals surface area contributed by atoms with Gasteiger partial charge in [-0.1, -0.05) is 11.6 Å². The van der Waals surface area contributed by atoms with E-state index in [4.69, 9.17) is 11.6 Å². The first-order chi connectivity index (χ1) is 5.49. The number of rotatable bonds is 2. The quantitative estimate of drug-likeness (QED) is 0.681. The van der Waals surface area contributed by atoms with Gasteiger partial charge in [-0.05, 0) is 12.1 Å². The first-order valence-corrected chi connectivity index (χ1v) is 5.18. The van der Waals surface area contributed by atoms with E-state index >= 15 is 0 Å². The molecule has 0 bridgehead atoms. The SMILES string of the molecule is CS(=O)(=O)Oc1ncccc1Cl. The van der Waals surface area contributed by atoms with Crippen LogP contribution in [0.15, 0.2) is 18.3 Å². The van der Waals surface area contributed by atoms with E-state index < -0.39 is 10.1 Å². The summed E-state index contributed by atoms with van der Waals surface area (Å²) in [6, 6.07) is 3.08. The number of hydrogen-bond donors (Lipinski definition) is 0. The molecule has 0 atom stereocenters. The smallest absolute Gasteiger partial charge is 0.307 e. The lowest BCUT2D eigenvalue weighted by atomic mass is 10.5. The summed E-state index contributed by atoms with van der Waals surface area (Å²) in [5.41, 5.74) is 0. The molecule has 12 heavy (non-hydrogen) atoms. The third kappa shape index (κ3) is 2.67. The predicted octanol–water partition coefficient (Wildman–Crippen LogP) is 1.07. The summed E-state index contributed by atoms with van der Waals surface area (Å²) >= 11 is 5.58. The Morgan fingerprint density at radius 2 is 2.25 bits per heavy atom. The highest BCUT2D eigenvalue weighted by Gasteiger charge is 2.08. The van der Waals surface area contributed by atoms with Gasteiger partial charge in [-0.15, -0.1) is 0 Å². The van der Waals surface area contributed by atoms with Crippen LogP contribution in [0.5, 0.6) is 5.88 Å². The lowest BCUT2D eigenvalue weighted by Gasteiger charge is -2.01. The van der Waals surface area contributed by atoms with Gasteiger partial charge in [0.25, 0.3) is 5.88 Å². The van der Waals surface area contributed by atoms with Gasteiger partial charge >= 0.3 is 10.1 Å². The largest absolute Gasteiger partial charge is 0.360 e. The van der Waals surface area contributed by atoms with Crippen LogP contribution in [-0.2, 0) is 10.1 Å². The number of hydrogen-bond acceptors (Lipinski definition) is 4. The molecule has 0 aliphatic carbocycles. The Morgan fingerprint density at radius 1 is 1.58 bits per heavy atom. The van der Waals surface area contributed by atoms with Crippen LogP contribution in [-0.4, -0.2) is 19.7 Å². The molecule has 66 valence electrons. The minimum Gasteiger partial charge on any atom is -0.360 e. The molecule has 0 radical (unpaired) electrons. The summed E-state index contributed by atoms with van der Waals surface area (Å²) in [5.74, 6) is -0.0957. The third-order valence-electron chi connectivity index (χ3n) is 0.955. The van der Waals surface area contributed by atoms with Crippen molar-refractivity contribution in [3.63, 3.8) is 0 Å². The molecule has 0 amide bonds. The molecule has 0 unspecified atom stereocenters. The Labute approximate surface area is 75.3 Å². The van der Waals surface area contributed by atoms with Crippen LogP contribution >= 0.6 is 11.6 Å². The highest BCUT2D eigenvalue weighted by molar-refractivity contribution is 7.86. The van der Waals surface area contributed by atoms with E-state index in [9.17, 15) is 8.42 Å². The molecule has 6 heteroatoms.